The molecule has 44 heavy (non-hydrogen) atoms. The lowest BCUT2D eigenvalue weighted by Gasteiger charge is -2.26. The van der Waals surface area contributed by atoms with Crippen LogP contribution in [0.3, 0.4) is 0 Å². The lowest BCUT2D eigenvalue weighted by Crippen LogP contribution is -2.09. The highest BCUT2D eigenvalue weighted by Gasteiger charge is 2.14. The van der Waals surface area contributed by atoms with Crippen molar-refractivity contribution in [1.82, 2.24) is 0 Å². The van der Waals surface area contributed by atoms with E-state index in [2.05, 4.69) is 175 Å². The number of benzene rings is 7. The molecular weight excluding hydrogens is 534 g/mol. The molecule has 1 aromatic heterocycles. The van der Waals surface area contributed by atoms with Gasteiger partial charge in [-0.1, -0.05) is 115 Å². The molecule has 0 amide bonds. The molecule has 2 heteroatoms. The third-order valence-electron chi connectivity index (χ3n) is 8.28. The molecule has 0 atom stereocenters. The van der Waals surface area contributed by atoms with Crippen molar-refractivity contribution in [2.24, 2.45) is 0 Å². The average molecular weight is 564 g/mol. The maximum atomic E-state index is 6.21. The SMILES string of the molecule is c1ccc(-c2ccc(N(c3ccccc3)c3ccc(-c4ccc5oc6ccc(-c7ccccc7)cc6c5c4)cc3)cc2)cc1. The number of fused-ring (bicyclic) bond motifs is 3. The minimum atomic E-state index is 0.903. The number of anilines is 3. The van der Waals surface area contributed by atoms with Crippen molar-refractivity contribution in [2.75, 3.05) is 4.90 Å². The summed E-state index contributed by atoms with van der Waals surface area (Å²) >= 11 is 0. The molecule has 0 radical (unpaired) electrons. The summed E-state index contributed by atoms with van der Waals surface area (Å²) in [4.78, 5) is 2.30. The second-order valence-electron chi connectivity index (χ2n) is 11.0. The Hall–Kier alpha value is -5.86. The van der Waals surface area contributed by atoms with Crippen LogP contribution in [-0.4, -0.2) is 0 Å². The van der Waals surface area contributed by atoms with Crippen LogP contribution in [-0.2, 0) is 0 Å². The number of para-hydroxylation sites is 1. The molecule has 8 rings (SSSR count). The molecule has 0 saturated heterocycles. The highest BCUT2D eigenvalue weighted by Crippen LogP contribution is 2.38. The van der Waals surface area contributed by atoms with Gasteiger partial charge < -0.3 is 9.32 Å². The van der Waals surface area contributed by atoms with Crippen molar-refractivity contribution in [3.05, 3.63) is 176 Å². The van der Waals surface area contributed by atoms with Gasteiger partial charge in [0, 0.05) is 27.8 Å². The maximum absolute atomic E-state index is 6.21. The summed E-state index contributed by atoms with van der Waals surface area (Å²) in [5.41, 5.74) is 12.3. The van der Waals surface area contributed by atoms with Gasteiger partial charge in [0.15, 0.2) is 0 Å². The molecule has 1 heterocycles. The molecule has 7 aromatic carbocycles. The summed E-state index contributed by atoms with van der Waals surface area (Å²) < 4.78 is 6.21. The molecule has 0 N–H and O–H groups in total. The van der Waals surface area contributed by atoms with Crippen LogP contribution >= 0.6 is 0 Å². The predicted octanol–water partition coefficient (Wildman–Crippen LogP) is 12.1. The number of hydrogen-bond acceptors (Lipinski definition) is 2. The van der Waals surface area contributed by atoms with Gasteiger partial charge in [0.05, 0.1) is 0 Å². The van der Waals surface area contributed by atoms with Gasteiger partial charge in [-0.25, -0.2) is 0 Å². The second-order valence-corrected chi connectivity index (χ2v) is 11.0. The molecule has 0 bridgehead atoms. The van der Waals surface area contributed by atoms with Crippen molar-refractivity contribution < 1.29 is 4.42 Å². The molecule has 208 valence electrons. The number of nitrogens with zero attached hydrogens (tertiary/aromatic N) is 1. The van der Waals surface area contributed by atoms with E-state index in [1.54, 1.807) is 0 Å². The Kier molecular flexibility index (Phi) is 6.51. The topological polar surface area (TPSA) is 16.4 Å². The largest absolute Gasteiger partial charge is 0.456 e. The van der Waals surface area contributed by atoms with Crippen LogP contribution in [0.15, 0.2) is 180 Å². The summed E-state index contributed by atoms with van der Waals surface area (Å²) in [5, 5.41) is 2.26. The van der Waals surface area contributed by atoms with Crippen LogP contribution in [0.2, 0.25) is 0 Å². The van der Waals surface area contributed by atoms with Crippen molar-refractivity contribution >= 4 is 39.0 Å². The number of furan rings is 1. The summed E-state index contributed by atoms with van der Waals surface area (Å²) in [7, 11) is 0. The molecular formula is C42H29NO. The van der Waals surface area contributed by atoms with E-state index >= 15 is 0 Å². The van der Waals surface area contributed by atoms with E-state index in [0.29, 0.717) is 0 Å². The molecule has 2 nitrogen and oxygen atoms in total. The zero-order chi connectivity index (χ0) is 29.3. The highest BCUT2D eigenvalue weighted by atomic mass is 16.3. The zero-order valence-electron chi connectivity index (χ0n) is 24.1. The summed E-state index contributed by atoms with van der Waals surface area (Å²) in [6.07, 6.45) is 0. The van der Waals surface area contributed by atoms with E-state index < -0.39 is 0 Å². The standard InChI is InChI=1S/C42H29NO/c1-4-10-30(11-5-1)32-16-22-37(23-17-32)43(36-14-8-3-9-15-36)38-24-18-33(19-25-38)35-21-27-42-40(29-35)39-28-34(20-26-41(39)44-42)31-12-6-2-7-13-31/h1-29H. The minimum Gasteiger partial charge on any atom is -0.456 e. The van der Waals surface area contributed by atoms with E-state index in [9.17, 15) is 0 Å². The normalized spacial score (nSPS) is 11.2. The van der Waals surface area contributed by atoms with Crippen LogP contribution < -0.4 is 4.90 Å². The van der Waals surface area contributed by atoms with Gasteiger partial charge in [-0.2, -0.15) is 0 Å². The van der Waals surface area contributed by atoms with Crippen LogP contribution in [0, 0.1) is 0 Å². The molecule has 0 unspecified atom stereocenters. The van der Waals surface area contributed by atoms with Gasteiger partial charge in [-0.15, -0.1) is 0 Å². The van der Waals surface area contributed by atoms with E-state index in [1.807, 2.05) is 6.07 Å². The maximum Gasteiger partial charge on any atom is 0.135 e. The third-order valence-corrected chi connectivity index (χ3v) is 8.28. The fraction of sp³-hybridized carbons (Fsp3) is 0. The highest BCUT2D eigenvalue weighted by molar-refractivity contribution is 6.07. The van der Waals surface area contributed by atoms with Gasteiger partial charge in [0.2, 0.25) is 0 Å². The molecule has 0 aliphatic rings. The molecule has 0 aliphatic carbocycles. The van der Waals surface area contributed by atoms with Crippen molar-refractivity contribution in [1.29, 1.82) is 0 Å². The molecule has 8 aromatic rings. The monoisotopic (exact) mass is 563 g/mol. The number of hydrogen-bond donors (Lipinski definition) is 0. The van der Waals surface area contributed by atoms with E-state index in [1.165, 1.54) is 22.3 Å². The van der Waals surface area contributed by atoms with Crippen LogP contribution in [0.1, 0.15) is 0 Å². The predicted molar refractivity (Wildman–Crippen MR) is 185 cm³/mol. The smallest absolute Gasteiger partial charge is 0.135 e. The minimum absolute atomic E-state index is 0.903. The Labute approximate surface area is 257 Å². The van der Waals surface area contributed by atoms with Crippen molar-refractivity contribution in [3.8, 4) is 33.4 Å². The summed E-state index contributed by atoms with van der Waals surface area (Å²) in [6, 6.07) is 62.1. The van der Waals surface area contributed by atoms with E-state index in [4.69, 9.17) is 4.42 Å². The fourth-order valence-electron chi connectivity index (χ4n) is 6.03. The first-order valence-corrected chi connectivity index (χ1v) is 14.9. The zero-order valence-corrected chi connectivity index (χ0v) is 24.1. The summed E-state index contributed by atoms with van der Waals surface area (Å²) in [5.74, 6) is 0. The molecule has 0 spiro atoms. The number of rotatable bonds is 6. The lowest BCUT2D eigenvalue weighted by molar-refractivity contribution is 0.669. The van der Waals surface area contributed by atoms with Crippen LogP contribution in [0.25, 0.3) is 55.3 Å². The van der Waals surface area contributed by atoms with E-state index in [0.717, 1.165) is 50.1 Å². The van der Waals surface area contributed by atoms with Gasteiger partial charge in [0.1, 0.15) is 11.2 Å². The van der Waals surface area contributed by atoms with Gasteiger partial charge in [-0.3, -0.25) is 0 Å². The van der Waals surface area contributed by atoms with Crippen LogP contribution in [0.4, 0.5) is 17.1 Å². The lowest BCUT2D eigenvalue weighted by atomic mass is 10.00. The second kappa shape index (κ2) is 11.1. The Balaban J connectivity index is 1.15. The molecule has 0 saturated carbocycles. The Morgan fingerprint density at radius 3 is 1.11 bits per heavy atom. The van der Waals surface area contributed by atoms with Gasteiger partial charge >= 0.3 is 0 Å². The quantitative estimate of drug-likeness (QED) is 0.200. The Morgan fingerprint density at radius 1 is 0.295 bits per heavy atom. The Bertz CT molecular complexity index is 2180. The Morgan fingerprint density at radius 2 is 0.636 bits per heavy atom. The van der Waals surface area contributed by atoms with Crippen molar-refractivity contribution in [3.63, 3.8) is 0 Å². The first kappa shape index (κ1) is 25.8. The van der Waals surface area contributed by atoms with E-state index in [-0.39, 0.29) is 0 Å². The van der Waals surface area contributed by atoms with Crippen molar-refractivity contribution in [2.45, 2.75) is 0 Å². The van der Waals surface area contributed by atoms with Crippen LogP contribution in [0.5, 0.6) is 0 Å². The summed E-state index contributed by atoms with van der Waals surface area (Å²) in [6.45, 7) is 0. The fourth-order valence-corrected chi connectivity index (χ4v) is 6.03. The average Bonchev–Trinajstić information content (AvgIpc) is 3.48. The van der Waals surface area contributed by atoms with Gasteiger partial charge in [0.25, 0.3) is 0 Å². The van der Waals surface area contributed by atoms with Gasteiger partial charge in [-0.05, 0) is 94.0 Å². The molecule has 0 fully saturated rings. The first-order chi connectivity index (χ1) is 21.8. The first-order valence-electron chi connectivity index (χ1n) is 14.9. The molecule has 0 aliphatic heterocycles. The third kappa shape index (κ3) is 4.83.